The van der Waals surface area contributed by atoms with Gasteiger partial charge in [0.15, 0.2) is 0 Å². The molecule has 0 bridgehead atoms. The van der Waals surface area contributed by atoms with Gasteiger partial charge >= 0.3 is 0 Å². The van der Waals surface area contributed by atoms with E-state index in [9.17, 15) is 13.6 Å². The Hall–Kier alpha value is -3.26. The fourth-order valence-corrected chi connectivity index (χ4v) is 6.09. The molecule has 2 atom stereocenters. The molecule has 1 aliphatic heterocycles. The molecule has 1 amide bonds. The Kier molecular flexibility index (Phi) is 5.64. The number of carbonyl (C=O) groups excluding carboxylic acids is 1. The molecule has 0 spiro atoms. The van der Waals surface area contributed by atoms with Gasteiger partial charge in [-0.1, -0.05) is 28.9 Å². The zero-order valence-corrected chi connectivity index (χ0v) is 21.6. The third kappa shape index (κ3) is 4.02. The Labute approximate surface area is 218 Å². The van der Waals surface area contributed by atoms with Gasteiger partial charge in [-0.25, -0.2) is 13.8 Å². The van der Waals surface area contributed by atoms with Gasteiger partial charge in [-0.15, -0.1) is 0 Å². The number of carbonyl (C=O) groups is 1. The lowest BCUT2D eigenvalue weighted by molar-refractivity contribution is -0.117. The summed E-state index contributed by atoms with van der Waals surface area (Å²) >= 11 is 6.40. The van der Waals surface area contributed by atoms with E-state index in [1.54, 1.807) is 11.0 Å². The van der Waals surface area contributed by atoms with E-state index in [4.69, 9.17) is 21.1 Å². The van der Waals surface area contributed by atoms with Crippen molar-refractivity contribution in [1.29, 1.82) is 0 Å². The number of aromatic nitrogens is 3. The summed E-state index contributed by atoms with van der Waals surface area (Å²) in [6, 6.07) is 10.6. The zero-order valence-electron chi connectivity index (χ0n) is 20.9. The summed E-state index contributed by atoms with van der Waals surface area (Å²) in [6.07, 6.45) is 0.856. The minimum Gasteiger partial charge on any atom is -0.361 e. The van der Waals surface area contributed by atoms with E-state index in [1.807, 2.05) is 55.7 Å². The van der Waals surface area contributed by atoms with E-state index in [0.29, 0.717) is 47.1 Å². The van der Waals surface area contributed by atoms with Crippen molar-refractivity contribution < 1.29 is 18.1 Å². The number of imidazole rings is 1. The largest absolute Gasteiger partial charge is 0.361 e. The highest BCUT2D eigenvalue weighted by Gasteiger charge is 2.44. The standard InChI is InChI=1S/C28H27ClF2N4O2/c1-15-4-6-19(13-21(15)29)34-24(8-9-25(34)36)27-32-22-12-18(26-16(2)33-37-17(26)3)5-7-23(22)35(27)20-10-11-28(30,31)14-20/h4-7,12-13,20,24H,8-11,14H2,1-3H3/t20-,24+/m1/s1. The molecule has 0 radical (unpaired) electrons. The Morgan fingerprint density at radius 3 is 2.59 bits per heavy atom. The highest BCUT2D eigenvalue weighted by atomic mass is 35.5. The minimum atomic E-state index is -2.72. The topological polar surface area (TPSA) is 64.2 Å². The van der Waals surface area contributed by atoms with Gasteiger partial charge in [0, 0.05) is 41.6 Å². The number of halogens is 3. The number of fused-ring (bicyclic) bond motifs is 1. The van der Waals surface area contributed by atoms with Crippen LogP contribution in [0.2, 0.25) is 5.02 Å². The second-order valence-corrected chi connectivity index (χ2v) is 10.7. The second-order valence-electron chi connectivity index (χ2n) is 10.2. The number of anilines is 1. The van der Waals surface area contributed by atoms with E-state index in [-0.39, 0.29) is 24.8 Å². The lowest BCUT2D eigenvalue weighted by atomic mass is 10.0. The average Bonchev–Trinajstić information content (AvgIpc) is 3.59. The van der Waals surface area contributed by atoms with Crippen LogP contribution >= 0.6 is 11.6 Å². The number of hydrogen-bond donors (Lipinski definition) is 0. The van der Waals surface area contributed by atoms with Crippen molar-refractivity contribution in [3.63, 3.8) is 0 Å². The number of aryl methyl sites for hydroxylation is 3. The van der Waals surface area contributed by atoms with Crippen LogP contribution in [-0.2, 0) is 4.79 Å². The van der Waals surface area contributed by atoms with Crippen LogP contribution in [0.15, 0.2) is 40.9 Å². The van der Waals surface area contributed by atoms with Crippen molar-refractivity contribution in [2.24, 2.45) is 0 Å². The highest BCUT2D eigenvalue weighted by Crippen LogP contribution is 2.46. The number of rotatable bonds is 4. The van der Waals surface area contributed by atoms with Crippen LogP contribution in [0.3, 0.4) is 0 Å². The molecule has 9 heteroatoms. The number of alkyl halides is 2. The van der Waals surface area contributed by atoms with Crippen LogP contribution in [-0.4, -0.2) is 26.5 Å². The third-order valence-corrected chi connectivity index (χ3v) is 8.13. The maximum atomic E-state index is 14.4. The summed E-state index contributed by atoms with van der Waals surface area (Å²) in [7, 11) is 0. The predicted octanol–water partition coefficient (Wildman–Crippen LogP) is 7.50. The van der Waals surface area contributed by atoms with Crippen LogP contribution < -0.4 is 4.90 Å². The first-order chi connectivity index (χ1) is 17.6. The van der Waals surface area contributed by atoms with E-state index >= 15 is 0 Å². The van der Waals surface area contributed by atoms with E-state index in [0.717, 1.165) is 27.9 Å². The number of benzene rings is 2. The maximum Gasteiger partial charge on any atom is 0.250 e. The molecule has 0 N–H and O–H groups in total. The fraction of sp³-hybridized carbons (Fsp3) is 0.393. The van der Waals surface area contributed by atoms with Gasteiger partial charge in [-0.05, 0) is 69.0 Å². The van der Waals surface area contributed by atoms with Crippen molar-refractivity contribution in [1.82, 2.24) is 14.7 Å². The van der Waals surface area contributed by atoms with Crippen LogP contribution in [0.1, 0.15) is 67.0 Å². The summed E-state index contributed by atoms with van der Waals surface area (Å²) in [6.45, 7) is 5.65. The Balaban J connectivity index is 1.52. The number of nitrogens with zero attached hydrogens (tertiary/aromatic N) is 4. The molecule has 2 fully saturated rings. The third-order valence-electron chi connectivity index (χ3n) is 7.73. The molecule has 3 heterocycles. The monoisotopic (exact) mass is 524 g/mol. The fourth-order valence-electron chi connectivity index (χ4n) is 5.92. The summed E-state index contributed by atoms with van der Waals surface area (Å²) in [5.41, 5.74) is 5.67. The van der Waals surface area contributed by atoms with Crippen molar-refractivity contribution in [2.75, 3.05) is 4.90 Å². The van der Waals surface area contributed by atoms with Crippen LogP contribution in [0.25, 0.3) is 22.2 Å². The summed E-state index contributed by atoms with van der Waals surface area (Å²) < 4.78 is 36.1. The SMILES string of the molecule is Cc1ccc(N2C(=O)CC[C@H]2c2nc3cc(-c4c(C)noc4C)ccc3n2[C@@H]2CCC(F)(F)C2)cc1Cl. The molecule has 192 valence electrons. The molecule has 6 rings (SSSR count). The average molecular weight is 525 g/mol. The smallest absolute Gasteiger partial charge is 0.250 e. The Morgan fingerprint density at radius 1 is 1.11 bits per heavy atom. The van der Waals surface area contributed by atoms with Crippen molar-refractivity contribution in [2.45, 2.75) is 70.9 Å². The molecule has 0 unspecified atom stereocenters. The molecule has 6 nitrogen and oxygen atoms in total. The van der Waals surface area contributed by atoms with Gasteiger partial charge in [0.1, 0.15) is 11.6 Å². The lowest BCUT2D eigenvalue weighted by Crippen LogP contribution is -2.30. The molecule has 1 aliphatic carbocycles. The van der Waals surface area contributed by atoms with E-state index in [1.165, 1.54) is 0 Å². The van der Waals surface area contributed by atoms with Crippen LogP contribution in [0.5, 0.6) is 0 Å². The number of hydrogen-bond acceptors (Lipinski definition) is 4. The molecule has 37 heavy (non-hydrogen) atoms. The minimum absolute atomic E-state index is 0.0308. The molecule has 2 aromatic heterocycles. The lowest BCUT2D eigenvalue weighted by Gasteiger charge is -2.27. The zero-order chi connectivity index (χ0) is 26.1. The van der Waals surface area contributed by atoms with Gasteiger partial charge < -0.3 is 14.0 Å². The van der Waals surface area contributed by atoms with Gasteiger partial charge in [0.05, 0.1) is 22.8 Å². The quantitative estimate of drug-likeness (QED) is 0.277. The normalized spacial score (nSPS) is 21.5. The molecule has 2 aromatic carbocycles. The molecular weight excluding hydrogens is 498 g/mol. The van der Waals surface area contributed by atoms with Gasteiger partial charge in [-0.2, -0.15) is 0 Å². The van der Waals surface area contributed by atoms with Crippen molar-refractivity contribution in [3.8, 4) is 11.1 Å². The summed E-state index contributed by atoms with van der Waals surface area (Å²) in [4.78, 5) is 19.8. The molecule has 1 saturated heterocycles. The second kappa shape index (κ2) is 8.65. The molecular formula is C28H27ClF2N4O2. The number of amides is 1. The highest BCUT2D eigenvalue weighted by molar-refractivity contribution is 6.31. The molecule has 4 aromatic rings. The van der Waals surface area contributed by atoms with Crippen LogP contribution in [0.4, 0.5) is 14.5 Å². The van der Waals surface area contributed by atoms with Gasteiger partial charge in [-0.3, -0.25) is 4.79 Å². The van der Waals surface area contributed by atoms with Crippen molar-refractivity contribution >= 4 is 34.2 Å². The van der Waals surface area contributed by atoms with Crippen molar-refractivity contribution in [3.05, 3.63) is 64.3 Å². The van der Waals surface area contributed by atoms with Crippen LogP contribution in [0, 0.1) is 20.8 Å². The predicted molar refractivity (Wildman–Crippen MR) is 138 cm³/mol. The Bertz CT molecular complexity index is 1520. The molecule has 1 saturated carbocycles. The first-order valence-corrected chi connectivity index (χ1v) is 12.9. The van der Waals surface area contributed by atoms with E-state index in [2.05, 4.69) is 5.16 Å². The summed E-state index contributed by atoms with van der Waals surface area (Å²) in [5.74, 6) is -1.41. The molecule has 2 aliphatic rings. The first-order valence-electron chi connectivity index (χ1n) is 12.5. The van der Waals surface area contributed by atoms with Gasteiger partial charge in [0.25, 0.3) is 0 Å². The Morgan fingerprint density at radius 2 is 1.92 bits per heavy atom. The summed E-state index contributed by atoms with van der Waals surface area (Å²) in [5, 5.41) is 4.64. The maximum absolute atomic E-state index is 14.4. The van der Waals surface area contributed by atoms with Gasteiger partial charge in [0.2, 0.25) is 11.8 Å². The van der Waals surface area contributed by atoms with E-state index < -0.39 is 12.0 Å². The first kappa shape index (κ1) is 24.1.